The van der Waals surface area contributed by atoms with Gasteiger partial charge in [0.1, 0.15) is 5.82 Å². The molecule has 104 valence electrons. The second-order valence-electron chi connectivity index (χ2n) is 4.56. The van der Waals surface area contributed by atoms with Crippen molar-refractivity contribution in [3.05, 3.63) is 53.5 Å². The van der Waals surface area contributed by atoms with Gasteiger partial charge in [0, 0.05) is 6.04 Å². The molecular weight excluding hydrogens is 254 g/mol. The number of carbonyl (C=O) groups is 1. The van der Waals surface area contributed by atoms with E-state index in [0.29, 0.717) is 5.82 Å². The zero-order valence-electron chi connectivity index (χ0n) is 11.8. The summed E-state index contributed by atoms with van der Waals surface area (Å²) in [4.78, 5) is 19.4. The van der Waals surface area contributed by atoms with Crippen LogP contribution < -0.4 is 5.32 Å². The molecule has 0 saturated heterocycles. The number of hydrogen-bond acceptors (Lipinski definition) is 5. The van der Waals surface area contributed by atoms with Crippen LogP contribution >= 0.6 is 0 Å². The lowest BCUT2D eigenvalue weighted by molar-refractivity contribution is 0.0593. The Morgan fingerprint density at radius 3 is 2.45 bits per heavy atom. The second-order valence-corrected chi connectivity index (χ2v) is 4.56. The number of aromatic nitrogens is 2. The van der Waals surface area contributed by atoms with Gasteiger partial charge in [-0.2, -0.15) is 0 Å². The predicted octanol–water partition coefficient (Wildman–Crippen LogP) is 2.74. The maximum Gasteiger partial charge on any atom is 0.358 e. The van der Waals surface area contributed by atoms with E-state index < -0.39 is 5.97 Å². The monoisotopic (exact) mass is 271 g/mol. The maximum absolute atomic E-state index is 11.3. The maximum atomic E-state index is 11.3. The van der Waals surface area contributed by atoms with Crippen LogP contribution in [-0.2, 0) is 4.74 Å². The molecule has 1 N–H and O–H groups in total. The zero-order chi connectivity index (χ0) is 14.5. The summed E-state index contributed by atoms with van der Waals surface area (Å²) in [6, 6.07) is 8.39. The van der Waals surface area contributed by atoms with E-state index in [9.17, 15) is 4.79 Å². The lowest BCUT2D eigenvalue weighted by Crippen LogP contribution is -2.10. The summed E-state index contributed by atoms with van der Waals surface area (Å²) >= 11 is 0. The van der Waals surface area contributed by atoms with Gasteiger partial charge in [-0.05, 0) is 19.4 Å². The van der Waals surface area contributed by atoms with Crippen LogP contribution in [0.25, 0.3) is 0 Å². The molecule has 0 spiro atoms. The van der Waals surface area contributed by atoms with Crippen LogP contribution in [0.2, 0.25) is 0 Å². The Labute approximate surface area is 118 Å². The van der Waals surface area contributed by atoms with Gasteiger partial charge in [0.25, 0.3) is 0 Å². The average molecular weight is 271 g/mol. The van der Waals surface area contributed by atoms with E-state index in [-0.39, 0.29) is 11.7 Å². The summed E-state index contributed by atoms with van der Waals surface area (Å²) in [5, 5.41) is 3.24. The van der Waals surface area contributed by atoms with E-state index in [0.717, 1.165) is 5.56 Å². The minimum Gasteiger partial charge on any atom is -0.464 e. The number of methoxy groups -OCH3 is 1. The number of anilines is 1. The van der Waals surface area contributed by atoms with E-state index in [2.05, 4.69) is 51.2 Å². The van der Waals surface area contributed by atoms with Crippen molar-refractivity contribution in [3.63, 3.8) is 0 Å². The van der Waals surface area contributed by atoms with Crippen LogP contribution in [0.3, 0.4) is 0 Å². The largest absolute Gasteiger partial charge is 0.464 e. The Morgan fingerprint density at radius 1 is 1.20 bits per heavy atom. The van der Waals surface area contributed by atoms with Crippen LogP contribution in [0.5, 0.6) is 0 Å². The lowest BCUT2D eigenvalue weighted by atomic mass is 10.1. The van der Waals surface area contributed by atoms with Gasteiger partial charge in [-0.15, -0.1) is 0 Å². The van der Waals surface area contributed by atoms with Crippen LogP contribution in [0, 0.1) is 6.92 Å². The molecule has 0 bridgehead atoms. The van der Waals surface area contributed by atoms with E-state index in [1.165, 1.54) is 25.1 Å². The Kier molecular flexibility index (Phi) is 4.30. The minimum absolute atomic E-state index is 0.105. The van der Waals surface area contributed by atoms with Crippen LogP contribution in [-0.4, -0.2) is 23.0 Å². The third kappa shape index (κ3) is 3.32. The number of nitrogens with one attached hydrogen (secondary N) is 1. The lowest BCUT2D eigenvalue weighted by Gasteiger charge is -2.14. The quantitative estimate of drug-likeness (QED) is 0.866. The van der Waals surface area contributed by atoms with Crippen molar-refractivity contribution in [1.82, 2.24) is 9.97 Å². The molecule has 2 rings (SSSR count). The number of carbonyl (C=O) groups excluding carboxylic acids is 1. The van der Waals surface area contributed by atoms with E-state index in [4.69, 9.17) is 0 Å². The number of hydrogen-bond donors (Lipinski definition) is 1. The summed E-state index contributed by atoms with van der Waals surface area (Å²) in [5.74, 6) is 0.126. The van der Waals surface area contributed by atoms with Gasteiger partial charge in [0.2, 0.25) is 0 Å². The molecule has 0 fully saturated rings. The third-order valence-electron chi connectivity index (χ3n) is 2.99. The van der Waals surface area contributed by atoms with Crippen LogP contribution in [0.15, 0.2) is 36.7 Å². The Hall–Kier alpha value is -2.43. The standard InChI is InChI=1S/C15H17N3O2/c1-10-4-6-12(7-5-10)11(2)18-14-9-16-13(8-17-14)15(19)20-3/h4-9,11H,1-3H3,(H,17,18). The summed E-state index contributed by atoms with van der Waals surface area (Å²) in [6.07, 6.45) is 2.92. The first-order valence-corrected chi connectivity index (χ1v) is 6.33. The molecule has 0 aliphatic carbocycles. The normalized spacial score (nSPS) is 11.8. The highest BCUT2D eigenvalue weighted by Crippen LogP contribution is 2.17. The molecule has 20 heavy (non-hydrogen) atoms. The fourth-order valence-corrected chi connectivity index (χ4v) is 1.77. The van der Waals surface area contributed by atoms with E-state index >= 15 is 0 Å². The van der Waals surface area contributed by atoms with Gasteiger partial charge in [0.05, 0.1) is 19.5 Å². The molecule has 1 aromatic heterocycles. The molecule has 0 radical (unpaired) electrons. The molecule has 0 amide bonds. The fourth-order valence-electron chi connectivity index (χ4n) is 1.77. The Morgan fingerprint density at radius 2 is 1.90 bits per heavy atom. The van der Waals surface area contributed by atoms with Crippen molar-refractivity contribution in [3.8, 4) is 0 Å². The minimum atomic E-state index is -0.490. The van der Waals surface area contributed by atoms with E-state index in [1.54, 1.807) is 0 Å². The van der Waals surface area contributed by atoms with Gasteiger partial charge >= 0.3 is 5.97 Å². The van der Waals surface area contributed by atoms with Gasteiger partial charge in [-0.25, -0.2) is 14.8 Å². The van der Waals surface area contributed by atoms with Gasteiger partial charge in [-0.1, -0.05) is 29.8 Å². The number of ether oxygens (including phenoxy) is 1. The molecule has 0 saturated carbocycles. The Balaban J connectivity index is 2.06. The topological polar surface area (TPSA) is 64.1 Å². The van der Waals surface area contributed by atoms with Crippen molar-refractivity contribution in [1.29, 1.82) is 0 Å². The third-order valence-corrected chi connectivity index (χ3v) is 2.99. The van der Waals surface area contributed by atoms with Crippen molar-refractivity contribution >= 4 is 11.8 Å². The first-order chi connectivity index (χ1) is 9.60. The second kappa shape index (κ2) is 6.14. The number of nitrogens with zero attached hydrogens (tertiary/aromatic N) is 2. The van der Waals surface area contributed by atoms with Crippen LogP contribution in [0.1, 0.15) is 34.6 Å². The first-order valence-electron chi connectivity index (χ1n) is 6.33. The number of rotatable bonds is 4. The average Bonchev–Trinajstić information content (AvgIpc) is 2.48. The van der Waals surface area contributed by atoms with Gasteiger partial charge in [0.15, 0.2) is 5.69 Å². The summed E-state index contributed by atoms with van der Waals surface area (Å²) in [6.45, 7) is 4.10. The zero-order valence-corrected chi connectivity index (χ0v) is 11.8. The molecule has 1 atom stereocenters. The van der Waals surface area contributed by atoms with Crippen molar-refractivity contribution in [2.24, 2.45) is 0 Å². The predicted molar refractivity (Wildman–Crippen MR) is 76.6 cm³/mol. The molecule has 5 nitrogen and oxygen atoms in total. The highest BCUT2D eigenvalue weighted by atomic mass is 16.5. The molecular formula is C15H17N3O2. The SMILES string of the molecule is COC(=O)c1cnc(NC(C)c2ccc(C)cc2)cn1. The number of benzene rings is 1. The Bertz CT molecular complexity index is 579. The van der Waals surface area contributed by atoms with Crippen molar-refractivity contribution < 1.29 is 9.53 Å². The van der Waals surface area contributed by atoms with Gasteiger partial charge < -0.3 is 10.1 Å². The first kappa shape index (κ1) is 14.0. The van der Waals surface area contributed by atoms with Crippen molar-refractivity contribution in [2.45, 2.75) is 19.9 Å². The molecule has 0 aliphatic rings. The molecule has 1 heterocycles. The summed E-state index contributed by atoms with van der Waals surface area (Å²) in [7, 11) is 1.32. The molecule has 1 unspecified atom stereocenters. The van der Waals surface area contributed by atoms with Gasteiger partial charge in [-0.3, -0.25) is 0 Å². The highest BCUT2D eigenvalue weighted by Gasteiger charge is 2.09. The van der Waals surface area contributed by atoms with Crippen LogP contribution in [0.4, 0.5) is 5.82 Å². The smallest absolute Gasteiger partial charge is 0.358 e. The molecule has 0 aliphatic heterocycles. The summed E-state index contributed by atoms with van der Waals surface area (Å²) in [5.41, 5.74) is 2.58. The molecule has 5 heteroatoms. The number of esters is 1. The molecule has 2 aromatic rings. The fraction of sp³-hybridized carbons (Fsp3) is 0.267. The highest BCUT2D eigenvalue weighted by molar-refractivity contribution is 5.86. The summed E-state index contributed by atoms with van der Waals surface area (Å²) < 4.78 is 4.58. The number of aryl methyl sites for hydroxylation is 1. The molecule has 1 aromatic carbocycles. The van der Waals surface area contributed by atoms with Crippen molar-refractivity contribution in [2.75, 3.05) is 12.4 Å². The van der Waals surface area contributed by atoms with E-state index in [1.807, 2.05) is 6.92 Å².